The van der Waals surface area contributed by atoms with Crippen LogP contribution in [0.1, 0.15) is 32.3 Å². The summed E-state index contributed by atoms with van der Waals surface area (Å²) in [5.74, 6) is 0.933. The van der Waals surface area contributed by atoms with Crippen LogP contribution < -0.4 is 10.1 Å². The summed E-state index contributed by atoms with van der Waals surface area (Å²) < 4.78 is 6.77. The third kappa shape index (κ3) is 4.34. The van der Waals surface area contributed by atoms with Gasteiger partial charge in [-0.3, -0.25) is 4.79 Å². The molecule has 4 heteroatoms. The van der Waals surface area contributed by atoms with E-state index >= 15 is 0 Å². The first-order chi connectivity index (χ1) is 10.5. The van der Waals surface area contributed by atoms with Crippen LogP contribution >= 0.6 is 15.9 Å². The second-order valence-electron chi connectivity index (χ2n) is 5.45. The van der Waals surface area contributed by atoms with Crippen molar-refractivity contribution in [3.05, 3.63) is 58.6 Å². The molecule has 1 unspecified atom stereocenters. The Morgan fingerprint density at radius 3 is 2.50 bits per heavy atom. The molecule has 0 aliphatic carbocycles. The predicted molar refractivity (Wildman–Crippen MR) is 93.4 cm³/mol. The van der Waals surface area contributed by atoms with E-state index in [9.17, 15) is 4.79 Å². The number of hydrogen-bond acceptors (Lipinski definition) is 2. The summed E-state index contributed by atoms with van der Waals surface area (Å²) in [4.78, 5) is 12.3. The summed E-state index contributed by atoms with van der Waals surface area (Å²) in [6.07, 6.45) is -0.570. The Morgan fingerprint density at radius 2 is 1.82 bits per heavy atom. The number of amides is 1. The second-order valence-corrected chi connectivity index (χ2v) is 6.37. The van der Waals surface area contributed by atoms with Crippen LogP contribution in [0.4, 0.5) is 5.69 Å². The van der Waals surface area contributed by atoms with Gasteiger partial charge in [-0.1, -0.05) is 54.0 Å². The lowest BCUT2D eigenvalue weighted by atomic mass is 10.0. The Morgan fingerprint density at radius 1 is 1.09 bits per heavy atom. The molecule has 0 aliphatic heterocycles. The van der Waals surface area contributed by atoms with Crippen LogP contribution in [0.15, 0.2) is 53.0 Å². The smallest absolute Gasteiger partial charge is 0.265 e. The molecule has 2 aromatic carbocycles. The monoisotopic (exact) mass is 361 g/mol. The van der Waals surface area contributed by atoms with Crippen molar-refractivity contribution >= 4 is 27.5 Å². The number of nitrogens with one attached hydrogen (secondary N) is 1. The quantitative estimate of drug-likeness (QED) is 0.815. The van der Waals surface area contributed by atoms with Crippen molar-refractivity contribution in [1.82, 2.24) is 0 Å². The van der Waals surface area contributed by atoms with E-state index in [1.165, 1.54) is 0 Å². The molecule has 0 aliphatic rings. The minimum atomic E-state index is -0.570. The van der Waals surface area contributed by atoms with Gasteiger partial charge in [-0.15, -0.1) is 0 Å². The van der Waals surface area contributed by atoms with E-state index < -0.39 is 6.10 Å². The highest BCUT2D eigenvalue weighted by Gasteiger charge is 2.17. The van der Waals surface area contributed by atoms with E-state index in [-0.39, 0.29) is 5.91 Å². The Bertz CT molecular complexity index is 655. The summed E-state index contributed by atoms with van der Waals surface area (Å²) in [5, 5.41) is 2.86. The first kappa shape index (κ1) is 16.6. The van der Waals surface area contributed by atoms with Crippen LogP contribution in [0, 0.1) is 0 Å². The van der Waals surface area contributed by atoms with Gasteiger partial charge in [-0.2, -0.15) is 0 Å². The molecule has 2 aromatic rings. The van der Waals surface area contributed by atoms with Gasteiger partial charge in [0.1, 0.15) is 5.75 Å². The van der Waals surface area contributed by atoms with E-state index in [0.717, 1.165) is 21.5 Å². The van der Waals surface area contributed by atoms with Crippen LogP contribution in [0.5, 0.6) is 5.75 Å². The summed E-state index contributed by atoms with van der Waals surface area (Å²) in [6.45, 7) is 5.97. The first-order valence-corrected chi connectivity index (χ1v) is 8.08. The van der Waals surface area contributed by atoms with Crippen LogP contribution in [-0.4, -0.2) is 12.0 Å². The van der Waals surface area contributed by atoms with Crippen molar-refractivity contribution in [1.29, 1.82) is 0 Å². The van der Waals surface area contributed by atoms with E-state index in [0.29, 0.717) is 5.92 Å². The highest BCUT2D eigenvalue weighted by Crippen LogP contribution is 2.27. The molecular formula is C18H20BrNO2. The van der Waals surface area contributed by atoms with E-state index in [1.807, 2.05) is 48.5 Å². The third-order valence-electron chi connectivity index (χ3n) is 3.31. The average Bonchev–Trinajstić information content (AvgIpc) is 2.47. The molecule has 1 N–H and O–H groups in total. The molecule has 116 valence electrons. The maximum absolute atomic E-state index is 12.3. The molecule has 0 saturated heterocycles. The van der Waals surface area contributed by atoms with Gasteiger partial charge in [-0.25, -0.2) is 0 Å². The van der Waals surface area contributed by atoms with Gasteiger partial charge >= 0.3 is 0 Å². The van der Waals surface area contributed by atoms with E-state index in [1.54, 1.807) is 6.92 Å². The van der Waals surface area contributed by atoms with Crippen LogP contribution in [0.25, 0.3) is 0 Å². The molecule has 0 aromatic heterocycles. The lowest BCUT2D eigenvalue weighted by molar-refractivity contribution is -0.122. The Labute approximate surface area is 139 Å². The molecule has 1 atom stereocenters. The number of rotatable bonds is 5. The number of carbonyl (C=O) groups is 1. The molecule has 0 radical (unpaired) electrons. The molecule has 3 nitrogen and oxygen atoms in total. The zero-order valence-corrected chi connectivity index (χ0v) is 14.6. The maximum atomic E-state index is 12.3. The maximum Gasteiger partial charge on any atom is 0.265 e. The van der Waals surface area contributed by atoms with E-state index in [2.05, 4.69) is 35.1 Å². The van der Waals surface area contributed by atoms with Gasteiger partial charge in [0, 0.05) is 10.2 Å². The lowest BCUT2D eigenvalue weighted by Crippen LogP contribution is -2.30. The highest BCUT2D eigenvalue weighted by molar-refractivity contribution is 9.10. The van der Waals surface area contributed by atoms with Crippen molar-refractivity contribution in [3.8, 4) is 5.75 Å². The average molecular weight is 362 g/mol. The van der Waals surface area contributed by atoms with Crippen molar-refractivity contribution in [3.63, 3.8) is 0 Å². The molecule has 0 saturated carbocycles. The molecule has 2 rings (SSSR count). The number of para-hydroxylation sites is 1. The second kappa shape index (κ2) is 7.45. The standard InChI is InChI=1S/C18H20BrNO2/c1-12(2)16-9-4-5-10-17(16)22-13(3)18(21)20-15-8-6-7-14(19)11-15/h4-13H,1-3H3,(H,20,21). The fourth-order valence-electron chi connectivity index (χ4n) is 2.12. The first-order valence-electron chi connectivity index (χ1n) is 7.29. The summed E-state index contributed by atoms with van der Waals surface area (Å²) in [6, 6.07) is 15.3. The van der Waals surface area contributed by atoms with Crippen molar-refractivity contribution in [2.75, 3.05) is 5.32 Å². The molecule has 0 fully saturated rings. The Balaban J connectivity index is 2.06. The number of anilines is 1. The van der Waals surface area contributed by atoms with Gasteiger partial charge in [0.05, 0.1) is 0 Å². The zero-order valence-electron chi connectivity index (χ0n) is 13.0. The number of benzene rings is 2. The predicted octanol–water partition coefficient (Wildman–Crippen LogP) is 4.98. The van der Waals surface area contributed by atoms with Crippen molar-refractivity contribution < 1.29 is 9.53 Å². The largest absolute Gasteiger partial charge is 0.481 e. The van der Waals surface area contributed by atoms with Crippen LogP contribution in [0.3, 0.4) is 0 Å². The molecular weight excluding hydrogens is 342 g/mol. The molecule has 1 amide bonds. The van der Waals surface area contributed by atoms with Gasteiger partial charge in [0.25, 0.3) is 5.91 Å². The van der Waals surface area contributed by atoms with Crippen molar-refractivity contribution in [2.45, 2.75) is 32.8 Å². The summed E-state index contributed by atoms with van der Waals surface area (Å²) in [7, 11) is 0. The fourth-order valence-corrected chi connectivity index (χ4v) is 2.52. The van der Waals surface area contributed by atoms with Gasteiger partial charge in [-0.05, 0) is 42.7 Å². The van der Waals surface area contributed by atoms with Crippen LogP contribution in [0.2, 0.25) is 0 Å². The minimum absolute atomic E-state index is 0.170. The number of hydrogen-bond donors (Lipinski definition) is 1. The van der Waals surface area contributed by atoms with Crippen LogP contribution in [-0.2, 0) is 4.79 Å². The summed E-state index contributed by atoms with van der Waals surface area (Å²) >= 11 is 3.39. The number of ether oxygens (including phenoxy) is 1. The Hall–Kier alpha value is -1.81. The number of halogens is 1. The number of carbonyl (C=O) groups excluding carboxylic acids is 1. The van der Waals surface area contributed by atoms with Gasteiger partial charge < -0.3 is 10.1 Å². The lowest BCUT2D eigenvalue weighted by Gasteiger charge is -2.18. The fraction of sp³-hybridized carbons (Fsp3) is 0.278. The molecule has 0 heterocycles. The summed E-state index contributed by atoms with van der Waals surface area (Å²) in [5.41, 5.74) is 1.84. The van der Waals surface area contributed by atoms with E-state index in [4.69, 9.17) is 4.74 Å². The highest BCUT2D eigenvalue weighted by atomic mass is 79.9. The topological polar surface area (TPSA) is 38.3 Å². The van der Waals surface area contributed by atoms with Gasteiger partial charge in [0.2, 0.25) is 0 Å². The zero-order chi connectivity index (χ0) is 16.1. The third-order valence-corrected chi connectivity index (χ3v) is 3.80. The molecule has 0 spiro atoms. The Kier molecular flexibility index (Phi) is 5.61. The minimum Gasteiger partial charge on any atom is -0.481 e. The molecule has 22 heavy (non-hydrogen) atoms. The SMILES string of the molecule is CC(Oc1ccccc1C(C)C)C(=O)Nc1cccc(Br)c1. The molecule has 0 bridgehead atoms. The van der Waals surface area contributed by atoms with Crippen molar-refractivity contribution in [2.24, 2.45) is 0 Å². The normalized spacial score (nSPS) is 12.0. The van der Waals surface area contributed by atoms with Gasteiger partial charge in [0.15, 0.2) is 6.10 Å².